The van der Waals surface area contributed by atoms with E-state index in [0.717, 1.165) is 22.2 Å². The smallest absolute Gasteiger partial charge is 0.294 e. The molecule has 0 bridgehead atoms. The number of thioether (sulfide) groups is 1. The van der Waals surface area contributed by atoms with E-state index in [4.69, 9.17) is 4.74 Å². The molecular formula is C21H20N2O4S. The molecule has 2 aromatic rings. The maximum absolute atomic E-state index is 12.6. The van der Waals surface area contributed by atoms with Gasteiger partial charge in [-0.25, -0.2) is 0 Å². The van der Waals surface area contributed by atoms with Crippen molar-refractivity contribution < 1.29 is 19.1 Å². The van der Waals surface area contributed by atoms with Gasteiger partial charge in [0.25, 0.3) is 11.1 Å². The summed E-state index contributed by atoms with van der Waals surface area (Å²) in [5.74, 6) is -0.281. The Kier molecular flexibility index (Phi) is 6.16. The van der Waals surface area contributed by atoms with Gasteiger partial charge in [-0.3, -0.25) is 19.3 Å². The first-order chi connectivity index (χ1) is 13.5. The average molecular weight is 396 g/mol. The van der Waals surface area contributed by atoms with Crippen LogP contribution in [0.15, 0.2) is 53.4 Å². The zero-order chi connectivity index (χ0) is 20.1. The lowest BCUT2D eigenvalue weighted by Crippen LogP contribution is -2.36. The monoisotopic (exact) mass is 396 g/mol. The van der Waals surface area contributed by atoms with E-state index in [1.807, 2.05) is 44.2 Å². The van der Waals surface area contributed by atoms with E-state index < -0.39 is 17.1 Å². The molecule has 0 radical (unpaired) electrons. The second kappa shape index (κ2) is 8.75. The van der Waals surface area contributed by atoms with Gasteiger partial charge in [0.15, 0.2) is 0 Å². The van der Waals surface area contributed by atoms with Gasteiger partial charge in [-0.05, 0) is 49.9 Å². The number of hydrogen-bond acceptors (Lipinski definition) is 5. The zero-order valence-corrected chi connectivity index (χ0v) is 16.4. The number of rotatable bonds is 6. The van der Waals surface area contributed by atoms with Gasteiger partial charge < -0.3 is 10.1 Å². The SMILES string of the molecule is CCOc1ccccc1C=C1SC(=O)N(CC(=O)Nc2ccc(C)cc2)C1=O. The minimum atomic E-state index is -0.486. The largest absolute Gasteiger partial charge is 0.493 e. The van der Waals surface area contributed by atoms with Gasteiger partial charge in [0.2, 0.25) is 5.91 Å². The van der Waals surface area contributed by atoms with Gasteiger partial charge in [-0.1, -0.05) is 35.9 Å². The molecule has 6 nitrogen and oxygen atoms in total. The maximum atomic E-state index is 12.6. The van der Waals surface area contributed by atoms with Crippen molar-refractivity contribution in [3.8, 4) is 5.75 Å². The number of ether oxygens (including phenoxy) is 1. The molecule has 144 valence electrons. The molecule has 0 spiro atoms. The van der Waals surface area contributed by atoms with Crippen LogP contribution in [0.25, 0.3) is 6.08 Å². The minimum Gasteiger partial charge on any atom is -0.493 e. The second-order valence-corrected chi connectivity index (χ2v) is 7.15. The molecule has 0 saturated carbocycles. The van der Waals surface area contributed by atoms with E-state index >= 15 is 0 Å². The number of carbonyl (C=O) groups is 3. The number of amides is 3. The van der Waals surface area contributed by atoms with Crippen LogP contribution in [-0.2, 0) is 9.59 Å². The summed E-state index contributed by atoms with van der Waals surface area (Å²) in [6, 6.07) is 14.6. The molecule has 1 aliphatic heterocycles. The van der Waals surface area contributed by atoms with Gasteiger partial charge in [-0.15, -0.1) is 0 Å². The Balaban J connectivity index is 1.71. The summed E-state index contributed by atoms with van der Waals surface area (Å²) in [5, 5.41) is 2.23. The maximum Gasteiger partial charge on any atom is 0.294 e. The molecule has 0 aromatic heterocycles. The number of hydrogen-bond donors (Lipinski definition) is 1. The van der Waals surface area contributed by atoms with Crippen molar-refractivity contribution in [1.82, 2.24) is 4.90 Å². The highest BCUT2D eigenvalue weighted by Gasteiger charge is 2.36. The van der Waals surface area contributed by atoms with Crippen LogP contribution >= 0.6 is 11.8 Å². The van der Waals surface area contributed by atoms with E-state index in [0.29, 0.717) is 23.6 Å². The van der Waals surface area contributed by atoms with Crippen molar-refractivity contribution in [2.75, 3.05) is 18.5 Å². The van der Waals surface area contributed by atoms with Crippen LogP contribution < -0.4 is 10.1 Å². The minimum absolute atomic E-state index is 0.264. The fraction of sp³-hybridized carbons (Fsp3) is 0.190. The Morgan fingerprint density at radius 2 is 1.86 bits per heavy atom. The number of nitrogens with zero attached hydrogens (tertiary/aromatic N) is 1. The second-order valence-electron chi connectivity index (χ2n) is 6.15. The molecule has 0 aliphatic carbocycles. The third-order valence-electron chi connectivity index (χ3n) is 4.02. The first-order valence-corrected chi connectivity index (χ1v) is 9.63. The quantitative estimate of drug-likeness (QED) is 0.745. The normalized spacial score (nSPS) is 15.2. The third-order valence-corrected chi connectivity index (χ3v) is 4.92. The Bertz CT molecular complexity index is 938. The van der Waals surface area contributed by atoms with E-state index in [1.165, 1.54) is 0 Å². The molecule has 0 atom stereocenters. The first kappa shape index (κ1) is 19.7. The number of para-hydroxylation sites is 1. The lowest BCUT2D eigenvalue weighted by molar-refractivity contribution is -0.127. The van der Waals surface area contributed by atoms with Gasteiger partial charge in [-0.2, -0.15) is 0 Å². The highest BCUT2D eigenvalue weighted by Crippen LogP contribution is 2.33. The van der Waals surface area contributed by atoms with Gasteiger partial charge in [0.05, 0.1) is 11.5 Å². The molecular weight excluding hydrogens is 376 g/mol. The summed E-state index contributed by atoms with van der Waals surface area (Å²) in [5.41, 5.74) is 2.39. The van der Waals surface area contributed by atoms with Crippen molar-refractivity contribution in [1.29, 1.82) is 0 Å². The summed E-state index contributed by atoms with van der Waals surface area (Å²) >= 11 is 0.817. The molecule has 1 saturated heterocycles. The van der Waals surface area contributed by atoms with Crippen molar-refractivity contribution >= 4 is 40.6 Å². The lowest BCUT2D eigenvalue weighted by atomic mass is 10.2. The number of benzene rings is 2. The highest BCUT2D eigenvalue weighted by molar-refractivity contribution is 8.18. The zero-order valence-electron chi connectivity index (χ0n) is 15.6. The molecule has 3 rings (SSSR count). The molecule has 3 amide bonds. The Hall–Kier alpha value is -3.06. The van der Waals surface area contributed by atoms with Crippen LogP contribution in [0.2, 0.25) is 0 Å². The number of carbonyl (C=O) groups excluding carboxylic acids is 3. The third kappa shape index (κ3) is 4.61. The first-order valence-electron chi connectivity index (χ1n) is 8.81. The number of nitrogens with one attached hydrogen (secondary N) is 1. The van der Waals surface area contributed by atoms with Crippen LogP contribution in [0.5, 0.6) is 5.75 Å². The fourth-order valence-corrected chi connectivity index (χ4v) is 3.47. The van der Waals surface area contributed by atoms with Crippen LogP contribution in [0.4, 0.5) is 10.5 Å². The van der Waals surface area contributed by atoms with Crippen molar-refractivity contribution in [2.45, 2.75) is 13.8 Å². The van der Waals surface area contributed by atoms with E-state index in [1.54, 1.807) is 24.3 Å². The van der Waals surface area contributed by atoms with Gasteiger partial charge in [0, 0.05) is 11.3 Å². The summed E-state index contributed by atoms with van der Waals surface area (Å²) in [7, 11) is 0. The van der Waals surface area contributed by atoms with Crippen LogP contribution in [0, 0.1) is 6.92 Å². The van der Waals surface area contributed by atoms with Crippen molar-refractivity contribution in [2.24, 2.45) is 0 Å². The van der Waals surface area contributed by atoms with E-state index in [2.05, 4.69) is 5.32 Å². The average Bonchev–Trinajstić information content (AvgIpc) is 2.93. The summed E-state index contributed by atoms with van der Waals surface area (Å²) in [4.78, 5) is 38.3. The molecule has 28 heavy (non-hydrogen) atoms. The van der Waals surface area contributed by atoms with Crippen molar-refractivity contribution in [3.63, 3.8) is 0 Å². The molecule has 1 fully saturated rings. The Morgan fingerprint density at radius 1 is 1.14 bits per heavy atom. The molecule has 1 N–H and O–H groups in total. The standard InChI is InChI=1S/C21H20N2O4S/c1-3-27-17-7-5-4-6-15(17)12-18-20(25)23(21(26)28-18)13-19(24)22-16-10-8-14(2)9-11-16/h4-12H,3,13H2,1-2H3,(H,22,24). The molecule has 1 aliphatic rings. The van der Waals surface area contributed by atoms with E-state index in [-0.39, 0.29) is 11.4 Å². The topological polar surface area (TPSA) is 75.7 Å². The molecule has 2 aromatic carbocycles. The van der Waals surface area contributed by atoms with Gasteiger partial charge >= 0.3 is 0 Å². The number of aryl methyl sites for hydroxylation is 1. The molecule has 0 unspecified atom stereocenters. The predicted octanol–water partition coefficient (Wildman–Crippen LogP) is 4.07. The van der Waals surface area contributed by atoms with Crippen LogP contribution in [-0.4, -0.2) is 35.1 Å². The van der Waals surface area contributed by atoms with Gasteiger partial charge in [0.1, 0.15) is 12.3 Å². The van der Waals surface area contributed by atoms with Crippen LogP contribution in [0.1, 0.15) is 18.1 Å². The number of imide groups is 1. The summed E-state index contributed by atoms with van der Waals surface area (Å²) in [6.07, 6.45) is 1.62. The van der Waals surface area contributed by atoms with Crippen molar-refractivity contribution in [3.05, 3.63) is 64.6 Å². The highest BCUT2D eigenvalue weighted by atomic mass is 32.2. The fourth-order valence-electron chi connectivity index (χ4n) is 2.65. The van der Waals surface area contributed by atoms with Crippen LogP contribution in [0.3, 0.4) is 0 Å². The molecule has 1 heterocycles. The summed E-state index contributed by atoms with van der Waals surface area (Å²) in [6.45, 7) is 3.98. The predicted molar refractivity (Wildman–Crippen MR) is 110 cm³/mol. The van der Waals surface area contributed by atoms with E-state index in [9.17, 15) is 14.4 Å². The molecule has 7 heteroatoms. The Labute approximate surface area is 167 Å². The number of anilines is 1. The Morgan fingerprint density at radius 3 is 2.57 bits per heavy atom. The lowest BCUT2D eigenvalue weighted by Gasteiger charge is -2.12. The summed E-state index contributed by atoms with van der Waals surface area (Å²) < 4.78 is 5.55.